The standard InChI is InChI=1S/C27H30N2O7/c1-6-27(26(33)36-7-2)22-21(23(28-27)17-11-12-19(34-4)20(14-17)35-5)24(31)29(25(22)32)18-10-8-9-16(13-18)15(3)30/h8-14,21-23,28H,6-7H2,1-5H3/t21-,22-,23-,27-/m1/s1. The molecular weight excluding hydrogens is 464 g/mol. The second-order valence-electron chi connectivity index (χ2n) is 8.90. The molecule has 2 heterocycles. The highest BCUT2D eigenvalue weighted by molar-refractivity contribution is 6.24. The number of anilines is 1. The quantitative estimate of drug-likeness (QED) is 0.339. The molecule has 2 aromatic carbocycles. The average molecular weight is 495 g/mol. The number of Topliss-reactive ketones (excluding diaryl/α,β-unsaturated/α-hetero) is 1. The summed E-state index contributed by atoms with van der Waals surface area (Å²) in [6, 6.07) is 11.0. The smallest absolute Gasteiger partial charge is 0.327 e. The molecule has 0 bridgehead atoms. The minimum absolute atomic E-state index is 0.132. The first kappa shape index (κ1) is 25.4. The first-order chi connectivity index (χ1) is 17.2. The molecule has 36 heavy (non-hydrogen) atoms. The van der Waals surface area contributed by atoms with Gasteiger partial charge in [0.2, 0.25) is 11.8 Å². The molecule has 2 saturated heterocycles. The minimum atomic E-state index is -1.40. The molecule has 0 aliphatic carbocycles. The third kappa shape index (κ3) is 3.83. The van der Waals surface area contributed by atoms with Gasteiger partial charge in [-0.1, -0.05) is 25.1 Å². The van der Waals surface area contributed by atoms with Crippen LogP contribution in [0.2, 0.25) is 0 Å². The van der Waals surface area contributed by atoms with E-state index in [2.05, 4.69) is 5.32 Å². The number of ketones is 1. The van der Waals surface area contributed by atoms with Crippen molar-refractivity contribution in [2.24, 2.45) is 11.8 Å². The summed E-state index contributed by atoms with van der Waals surface area (Å²) in [7, 11) is 3.03. The number of esters is 1. The zero-order chi connectivity index (χ0) is 26.2. The molecule has 0 aromatic heterocycles. The molecule has 9 heteroatoms. The van der Waals surface area contributed by atoms with Crippen LogP contribution in [0.5, 0.6) is 11.5 Å². The molecule has 2 aromatic rings. The van der Waals surface area contributed by atoms with Gasteiger partial charge in [-0.2, -0.15) is 0 Å². The number of hydrogen-bond acceptors (Lipinski definition) is 8. The zero-order valence-electron chi connectivity index (χ0n) is 21.0. The van der Waals surface area contributed by atoms with Crippen LogP contribution in [0.25, 0.3) is 0 Å². The van der Waals surface area contributed by atoms with E-state index in [0.717, 1.165) is 4.90 Å². The molecule has 2 amide bonds. The molecule has 190 valence electrons. The molecule has 9 nitrogen and oxygen atoms in total. The molecule has 0 unspecified atom stereocenters. The maximum absolute atomic E-state index is 13.9. The van der Waals surface area contributed by atoms with Crippen LogP contribution in [0.3, 0.4) is 0 Å². The van der Waals surface area contributed by atoms with Gasteiger partial charge in [0.25, 0.3) is 0 Å². The van der Waals surface area contributed by atoms with Crippen LogP contribution < -0.4 is 19.7 Å². The van der Waals surface area contributed by atoms with Crippen molar-refractivity contribution in [1.82, 2.24) is 5.32 Å². The number of hydrogen-bond donors (Lipinski definition) is 1. The van der Waals surface area contributed by atoms with Crippen molar-refractivity contribution in [3.05, 3.63) is 53.6 Å². The lowest BCUT2D eigenvalue weighted by Crippen LogP contribution is -2.56. The van der Waals surface area contributed by atoms with Crippen molar-refractivity contribution in [3.63, 3.8) is 0 Å². The number of nitrogens with zero attached hydrogens (tertiary/aromatic N) is 1. The molecule has 0 spiro atoms. The van der Waals surface area contributed by atoms with Gasteiger partial charge in [-0.15, -0.1) is 0 Å². The topological polar surface area (TPSA) is 111 Å². The Kier molecular flexibility index (Phi) is 6.86. The van der Waals surface area contributed by atoms with E-state index in [1.165, 1.54) is 27.2 Å². The van der Waals surface area contributed by atoms with Crippen LogP contribution in [-0.4, -0.2) is 49.9 Å². The molecular formula is C27H30N2O7. The van der Waals surface area contributed by atoms with Crippen molar-refractivity contribution in [3.8, 4) is 11.5 Å². The minimum Gasteiger partial charge on any atom is -0.493 e. The largest absolute Gasteiger partial charge is 0.493 e. The Balaban J connectivity index is 1.86. The number of imide groups is 1. The Labute approximate surface area is 209 Å². The normalized spacial score (nSPS) is 25.0. The summed E-state index contributed by atoms with van der Waals surface area (Å²) in [6.07, 6.45) is 0.233. The zero-order valence-corrected chi connectivity index (χ0v) is 21.0. The molecule has 2 fully saturated rings. The highest BCUT2D eigenvalue weighted by atomic mass is 16.5. The van der Waals surface area contributed by atoms with Crippen LogP contribution in [0.4, 0.5) is 5.69 Å². The Morgan fingerprint density at radius 3 is 2.33 bits per heavy atom. The molecule has 2 aliphatic heterocycles. The van der Waals surface area contributed by atoms with Crippen LogP contribution >= 0.6 is 0 Å². The van der Waals surface area contributed by atoms with Gasteiger partial charge in [0.05, 0.1) is 38.3 Å². The Bertz CT molecular complexity index is 1230. The first-order valence-electron chi connectivity index (χ1n) is 11.9. The van der Waals surface area contributed by atoms with E-state index in [1.807, 2.05) is 0 Å². The van der Waals surface area contributed by atoms with Gasteiger partial charge in [0.15, 0.2) is 17.3 Å². The van der Waals surface area contributed by atoms with E-state index in [4.69, 9.17) is 14.2 Å². The molecule has 0 saturated carbocycles. The summed E-state index contributed by atoms with van der Waals surface area (Å²) in [4.78, 5) is 54.2. The number of rotatable bonds is 8. The SMILES string of the molecule is CCOC(=O)[C@]1(CC)N[C@H](c2ccc(OC)c(OC)c2)[C@@H]2C(=O)N(c3cccc(C(C)=O)c3)C(=O)[C@@H]21. The van der Waals surface area contributed by atoms with Crippen LogP contribution in [0, 0.1) is 11.8 Å². The van der Waals surface area contributed by atoms with Gasteiger partial charge in [0, 0.05) is 11.6 Å². The van der Waals surface area contributed by atoms with Crippen LogP contribution in [0.1, 0.15) is 49.2 Å². The number of carbonyl (C=O) groups excluding carboxylic acids is 4. The molecule has 4 atom stereocenters. The van der Waals surface area contributed by atoms with E-state index in [1.54, 1.807) is 50.2 Å². The predicted molar refractivity (Wildman–Crippen MR) is 131 cm³/mol. The van der Waals surface area contributed by atoms with Gasteiger partial charge in [-0.25, -0.2) is 4.90 Å². The van der Waals surface area contributed by atoms with Gasteiger partial charge >= 0.3 is 5.97 Å². The number of ether oxygens (including phenoxy) is 3. The maximum Gasteiger partial charge on any atom is 0.327 e. The number of amides is 2. The second kappa shape index (κ2) is 9.73. The number of carbonyl (C=O) groups is 4. The number of nitrogens with one attached hydrogen (secondary N) is 1. The lowest BCUT2D eigenvalue weighted by Gasteiger charge is -2.32. The summed E-state index contributed by atoms with van der Waals surface area (Å²) in [5.41, 5.74) is -0.0558. The summed E-state index contributed by atoms with van der Waals surface area (Å²) in [5.74, 6) is -2.61. The lowest BCUT2D eigenvalue weighted by atomic mass is 9.78. The monoisotopic (exact) mass is 494 g/mol. The van der Waals surface area contributed by atoms with Crippen molar-refractivity contribution in [1.29, 1.82) is 0 Å². The van der Waals surface area contributed by atoms with Crippen molar-refractivity contribution in [2.45, 2.75) is 38.8 Å². The number of fused-ring (bicyclic) bond motifs is 1. The number of benzene rings is 2. The fourth-order valence-corrected chi connectivity index (χ4v) is 5.37. The highest BCUT2D eigenvalue weighted by Crippen LogP contribution is 2.52. The third-order valence-electron chi connectivity index (χ3n) is 7.13. The maximum atomic E-state index is 13.9. The Morgan fingerprint density at radius 1 is 1.00 bits per heavy atom. The van der Waals surface area contributed by atoms with Gasteiger partial charge in [-0.05, 0) is 50.1 Å². The second-order valence-corrected chi connectivity index (χ2v) is 8.90. The summed E-state index contributed by atoms with van der Waals surface area (Å²) >= 11 is 0. The summed E-state index contributed by atoms with van der Waals surface area (Å²) < 4.78 is 16.2. The summed E-state index contributed by atoms with van der Waals surface area (Å²) in [6.45, 7) is 5.03. The van der Waals surface area contributed by atoms with Crippen LogP contribution in [-0.2, 0) is 19.1 Å². The Hall–Kier alpha value is -3.72. The number of methoxy groups -OCH3 is 2. The summed E-state index contributed by atoms with van der Waals surface area (Å²) in [5, 5.41) is 3.31. The average Bonchev–Trinajstić information content (AvgIpc) is 3.37. The van der Waals surface area contributed by atoms with Gasteiger partial charge in [-0.3, -0.25) is 24.5 Å². The van der Waals surface area contributed by atoms with E-state index in [0.29, 0.717) is 28.3 Å². The van der Waals surface area contributed by atoms with E-state index in [9.17, 15) is 19.2 Å². The lowest BCUT2D eigenvalue weighted by molar-refractivity contribution is -0.154. The predicted octanol–water partition coefficient (Wildman–Crippen LogP) is 3.07. The molecule has 0 radical (unpaired) electrons. The third-order valence-corrected chi connectivity index (χ3v) is 7.13. The molecule has 1 N–H and O–H groups in total. The van der Waals surface area contributed by atoms with E-state index >= 15 is 0 Å². The van der Waals surface area contributed by atoms with Crippen molar-refractivity contribution < 1.29 is 33.4 Å². The molecule has 4 rings (SSSR count). The van der Waals surface area contributed by atoms with Crippen molar-refractivity contribution >= 4 is 29.3 Å². The fourth-order valence-electron chi connectivity index (χ4n) is 5.37. The van der Waals surface area contributed by atoms with E-state index < -0.39 is 41.2 Å². The molecule has 2 aliphatic rings. The first-order valence-corrected chi connectivity index (χ1v) is 11.9. The fraction of sp³-hybridized carbons (Fsp3) is 0.407. The van der Waals surface area contributed by atoms with Crippen molar-refractivity contribution in [2.75, 3.05) is 25.7 Å². The highest BCUT2D eigenvalue weighted by Gasteiger charge is 2.68. The van der Waals surface area contributed by atoms with Crippen LogP contribution in [0.15, 0.2) is 42.5 Å². The van der Waals surface area contributed by atoms with E-state index in [-0.39, 0.29) is 18.8 Å². The Morgan fingerprint density at radius 2 is 1.72 bits per heavy atom. The van der Waals surface area contributed by atoms with Gasteiger partial charge in [0.1, 0.15) is 5.54 Å². The van der Waals surface area contributed by atoms with Gasteiger partial charge < -0.3 is 14.2 Å².